The molecule has 1 N–H and O–H groups in total. The fourth-order valence-corrected chi connectivity index (χ4v) is 5.71. The zero-order chi connectivity index (χ0) is 24.2. The van der Waals surface area contributed by atoms with Gasteiger partial charge in [-0.1, -0.05) is 6.07 Å². The molecule has 4 rings (SSSR count). The molecule has 0 aliphatic heterocycles. The maximum absolute atomic E-state index is 12.2. The lowest BCUT2D eigenvalue weighted by molar-refractivity contribution is -0.123. The number of nitrogens with zero attached hydrogens (tertiary/aromatic N) is 4. The van der Waals surface area contributed by atoms with Gasteiger partial charge in [-0.15, -0.1) is 11.3 Å². The van der Waals surface area contributed by atoms with Crippen molar-refractivity contribution in [1.82, 2.24) is 9.99 Å². The highest BCUT2D eigenvalue weighted by atomic mass is 32.1. The van der Waals surface area contributed by atoms with Crippen molar-refractivity contribution in [2.75, 3.05) is 25.6 Å². The van der Waals surface area contributed by atoms with Gasteiger partial charge in [-0.25, -0.2) is 5.43 Å². The Hall–Kier alpha value is -3.57. The number of hydrogen-bond acceptors (Lipinski definition) is 6. The number of nitriles is 1. The first-order valence-corrected chi connectivity index (χ1v) is 12.2. The molecule has 1 amide bonds. The highest BCUT2D eigenvalue weighted by Crippen LogP contribution is 2.38. The maximum atomic E-state index is 12.2. The largest absolute Gasteiger partial charge is 0.484 e. The summed E-state index contributed by atoms with van der Waals surface area (Å²) in [6.07, 6.45) is 6.00. The Kier molecular flexibility index (Phi) is 7.03. The molecule has 0 unspecified atom stereocenters. The van der Waals surface area contributed by atoms with Crippen molar-refractivity contribution < 1.29 is 9.53 Å². The summed E-state index contributed by atoms with van der Waals surface area (Å²) < 4.78 is 7.72. The quantitative estimate of drug-likeness (QED) is 0.403. The molecule has 34 heavy (non-hydrogen) atoms. The van der Waals surface area contributed by atoms with Crippen LogP contribution in [-0.2, 0) is 17.6 Å². The molecule has 3 aromatic rings. The lowest BCUT2D eigenvalue weighted by Gasteiger charge is -2.13. The number of thiophene rings is 1. The molecule has 2 heterocycles. The van der Waals surface area contributed by atoms with Gasteiger partial charge in [0.15, 0.2) is 6.61 Å². The smallest absolute Gasteiger partial charge is 0.277 e. The lowest BCUT2D eigenvalue weighted by Crippen LogP contribution is -2.24. The Morgan fingerprint density at radius 1 is 1.29 bits per heavy atom. The predicted molar refractivity (Wildman–Crippen MR) is 136 cm³/mol. The third-order valence-corrected chi connectivity index (χ3v) is 7.31. The number of ether oxygens (including phenoxy) is 1. The fourth-order valence-electron chi connectivity index (χ4n) is 4.26. The van der Waals surface area contributed by atoms with Gasteiger partial charge in [0.1, 0.15) is 16.8 Å². The van der Waals surface area contributed by atoms with Gasteiger partial charge in [0, 0.05) is 47.7 Å². The van der Waals surface area contributed by atoms with Crippen molar-refractivity contribution in [3.05, 3.63) is 63.3 Å². The van der Waals surface area contributed by atoms with Gasteiger partial charge in [-0.2, -0.15) is 10.4 Å². The van der Waals surface area contributed by atoms with Crippen molar-refractivity contribution in [3.8, 4) is 16.8 Å². The molecule has 0 fully saturated rings. The Labute approximate surface area is 204 Å². The first-order valence-electron chi connectivity index (χ1n) is 11.3. The second-order valence-corrected chi connectivity index (χ2v) is 9.72. The predicted octanol–water partition coefficient (Wildman–Crippen LogP) is 4.50. The maximum Gasteiger partial charge on any atom is 0.277 e. The highest BCUT2D eigenvalue weighted by Gasteiger charge is 2.23. The number of aryl methyl sites for hydroxylation is 2. The van der Waals surface area contributed by atoms with E-state index in [1.165, 1.54) is 16.9 Å². The van der Waals surface area contributed by atoms with Crippen LogP contribution in [0.1, 0.15) is 45.8 Å². The van der Waals surface area contributed by atoms with Crippen LogP contribution in [-0.4, -0.2) is 37.4 Å². The number of anilines is 1. The number of aromatic nitrogens is 1. The zero-order valence-corrected chi connectivity index (χ0v) is 20.8. The molecular weight excluding hydrogens is 446 g/mol. The molecule has 0 bridgehead atoms. The minimum Gasteiger partial charge on any atom is -0.484 e. The van der Waals surface area contributed by atoms with Crippen LogP contribution in [0.4, 0.5) is 5.69 Å². The number of hydrogen-bond donors (Lipinski definition) is 1. The van der Waals surface area contributed by atoms with Crippen LogP contribution < -0.4 is 15.1 Å². The minimum atomic E-state index is -0.335. The van der Waals surface area contributed by atoms with Crippen molar-refractivity contribution in [2.24, 2.45) is 5.10 Å². The van der Waals surface area contributed by atoms with Crippen LogP contribution in [0, 0.1) is 25.2 Å². The van der Waals surface area contributed by atoms with Crippen LogP contribution in [0.15, 0.2) is 35.4 Å². The monoisotopic (exact) mass is 475 g/mol. The van der Waals surface area contributed by atoms with E-state index in [9.17, 15) is 10.1 Å². The summed E-state index contributed by atoms with van der Waals surface area (Å²) in [5.74, 6) is 0.291. The summed E-state index contributed by atoms with van der Waals surface area (Å²) in [5, 5.41) is 15.0. The number of nitrogens with one attached hydrogen (secondary N) is 1. The van der Waals surface area contributed by atoms with Gasteiger partial charge in [0.2, 0.25) is 0 Å². The van der Waals surface area contributed by atoms with Crippen molar-refractivity contribution in [1.29, 1.82) is 5.26 Å². The summed E-state index contributed by atoms with van der Waals surface area (Å²) in [5.41, 5.74) is 8.47. The van der Waals surface area contributed by atoms with Crippen molar-refractivity contribution >= 4 is 29.1 Å². The number of carbonyl (C=O) groups excluding carboxylic acids is 1. The minimum absolute atomic E-state index is 0.125. The number of hydrazone groups is 1. The van der Waals surface area contributed by atoms with E-state index in [0.717, 1.165) is 52.5 Å². The van der Waals surface area contributed by atoms with Gasteiger partial charge < -0.3 is 14.2 Å². The molecule has 176 valence electrons. The lowest BCUT2D eigenvalue weighted by atomic mass is 9.96. The standard InChI is InChI=1S/C26H29N5O2S/c1-17-12-19(15-28-29-25(32)16-33-21-9-7-8-20(13-21)30(3)4)18(2)31(17)26-23(14-27)22-10-5-6-11-24(22)34-26/h7-9,12-13,15H,5-6,10-11,16H2,1-4H3,(H,29,32)/b28-15-. The summed E-state index contributed by atoms with van der Waals surface area (Å²) in [6, 6.07) is 12.0. The molecule has 0 spiro atoms. The molecule has 2 aromatic heterocycles. The SMILES string of the molecule is Cc1cc(/C=N\NC(=O)COc2cccc(N(C)C)c2)c(C)n1-c1sc2c(c1C#N)CCCC2. The molecule has 0 atom stereocenters. The zero-order valence-electron chi connectivity index (χ0n) is 20.0. The Bertz CT molecular complexity index is 1280. The second-order valence-electron chi connectivity index (χ2n) is 8.64. The summed E-state index contributed by atoms with van der Waals surface area (Å²) in [4.78, 5) is 15.5. The van der Waals surface area contributed by atoms with E-state index < -0.39 is 0 Å². The summed E-state index contributed by atoms with van der Waals surface area (Å²) >= 11 is 1.72. The molecule has 0 saturated heterocycles. The topological polar surface area (TPSA) is 82.7 Å². The molecule has 1 aliphatic carbocycles. The van der Waals surface area contributed by atoms with Gasteiger partial charge >= 0.3 is 0 Å². The number of rotatable bonds is 7. The third-order valence-electron chi connectivity index (χ3n) is 6.03. The first kappa shape index (κ1) is 23.6. The average molecular weight is 476 g/mol. The third kappa shape index (κ3) is 4.85. The molecule has 0 saturated carbocycles. The van der Waals surface area contributed by atoms with Crippen molar-refractivity contribution in [3.63, 3.8) is 0 Å². The van der Waals surface area contributed by atoms with E-state index in [0.29, 0.717) is 5.75 Å². The molecule has 1 aromatic carbocycles. The van der Waals surface area contributed by atoms with Crippen LogP contribution in [0.3, 0.4) is 0 Å². The van der Waals surface area contributed by atoms with Crippen LogP contribution in [0.5, 0.6) is 5.75 Å². The molecule has 1 aliphatic rings. The van der Waals surface area contributed by atoms with Gasteiger partial charge in [-0.05, 0) is 63.3 Å². The van der Waals surface area contributed by atoms with Gasteiger partial charge in [0.25, 0.3) is 5.91 Å². The van der Waals surface area contributed by atoms with E-state index in [4.69, 9.17) is 4.74 Å². The number of amides is 1. The normalized spacial score (nSPS) is 12.9. The Balaban J connectivity index is 1.44. The molecule has 0 radical (unpaired) electrons. The van der Waals surface area contributed by atoms with E-state index in [-0.39, 0.29) is 12.5 Å². The fraction of sp³-hybridized carbons (Fsp3) is 0.346. The van der Waals surface area contributed by atoms with Crippen molar-refractivity contribution in [2.45, 2.75) is 39.5 Å². The van der Waals surface area contributed by atoms with E-state index in [1.807, 2.05) is 63.2 Å². The molecule has 8 heteroatoms. The molecular formula is C26H29N5O2S. The Morgan fingerprint density at radius 3 is 2.85 bits per heavy atom. The van der Waals surface area contributed by atoms with Gasteiger partial charge in [-0.3, -0.25) is 4.79 Å². The van der Waals surface area contributed by atoms with Crippen LogP contribution in [0.25, 0.3) is 5.00 Å². The van der Waals surface area contributed by atoms with Crippen LogP contribution >= 0.6 is 11.3 Å². The summed E-state index contributed by atoms with van der Waals surface area (Å²) in [7, 11) is 3.90. The highest BCUT2D eigenvalue weighted by molar-refractivity contribution is 7.15. The van der Waals surface area contributed by atoms with E-state index in [1.54, 1.807) is 17.6 Å². The molecule has 7 nitrogen and oxygen atoms in total. The van der Waals surface area contributed by atoms with E-state index >= 15 is 0 Å². The number of fused-ring (bicyclic) bond motifs is 1. The second kappa shape index (κ2) is 10.1. The van der Waals surface area contributed by atoms with Crippen LogP contribution in [0.2, 0.25) is 0 Å². The van der Waals surface area contributed by atoms with Gasteiger partial charge in [0.05, 0.1) is 11.8 Å². The first-order chi connectivity index (χ1) is 16.4. The Morgan fingerprint density at radius 2 is 2.09 bits per heavy atom. The number of benzene rings is 1. The summed E-state index contributed by atoms with van der Waals surface area (Å²) in [6.45, 7) is 3.91. The van der Waals surface area contributed by atoms with E-state index in [2.05, 4.69) is 21.2 Å². The number of carbonyl (C=O) groups is 1. The average Bonchev–Trinajstić information content (AvgIpc) is 3.33.